The summed E-state index contributed by atoms with van der Waals surface area (Å²) >= 11 is 0. The quantitative estimate of drug-likeness (QED) is 0.702. The van der Waals surface area contributed by atoms with E-state index in [0.717, 1.165) is 56.7 Å². The molecule has 2 heterocycles. The molecule has 1 aliphatic rings. The Morgan fingerprint density at radius 3 is 2.93 bits per heavy atom. The van der Waals surface area contributed by atoms with E-state index in [1.165, 1.54) is 6.07 Å². The van der Waals surface area contributed by atoms with E-state index in [9.17, 15) is 9.18 Å². The standard InChI is InChI=1S/C22H29FN4O/c1-26(22(28)9-8-20-15-24-11-12-25-20)16-18-5-4-13-27(17-18)14-10-19-6-2-3-7-21(19)23/h2-3,6-7,11-12,15,18H,4-5,8-10,13-14,16-17H2,1H3. The Bertz CT molecular complexity index is 755. The summed E-state index contributed by atoms with van der Waals surface area (Å²) in [6.07, 6.45) is 9.07. The predicted molar refractivity (Wildman–Crippen MR) is 107 cm³/mol. The lowest BCUT2D eigenvalue weighted by atomic mass is 9.97. The topological polar surface area (TPSA) is 49.3 Å². The largest absolute Gasteiger partial charge is 0.345 e. The third-order valence-electron chi connectivity index (χ3n) is 5.43. The van der Waals surface area contributed by atoms with E-state index >= 15 is 0 Å². The number of benzene rings is 1. The Kier molecular flexibility index (Phi) is 7.48. The van der Waals surface area contributed by atoms with Crippen LogP contribution in [0.3, 0.4) is 0 Å². The van der Waals surface area contributed by atoms with E-state index in [4.69, 9.17) is 0 Å². The summed E-state index contributed by atoms with van der Waals surface area (Å²) in [4.78, 5) is 25.0. The molecule has 1 amide bonds. The maximum atomic E-state index is 13.8. The molecule has 6 heteroatoms. The Hall–Kier alpha value is -2.34. The van der Waals surface area contributed by atoms with Crippen LogP contribution in [0.1, 0.15) is 30.5 Å². The summed E-state index contributed by atoms with van der Waals surface area (Å²) < 4.78 is 13.8. The number of rotatable bonds is 8. The van der Waals surface area contributed by atoms with Gasteiger partial charge in [0.05, 0.1) is 5.69 Å². The van der Waals surface area contributed by atoms with Crippen LogP contribution in [0.4, 0.5) is 4.39 Å². The molecular weight excluding hydrogens is 355 g/mol. The van der Waals surface area contributed by atoms with Crippen LogP contribution in [0, 0.1) is 11.7 Å². The first kappa shape index (κ1) is 20.4. The molecule has 0 aliphatic carbocycles. The first-order chi connectivity index (χ1) is 13.6. The van der Waals surface area contributed by atoms with Crippen molar-refractivity contribution in [2.45, 2.75) is 32.1 Å². The van der Waals surface area contributed by atoms with Gasteiger partial charge in [-0.3, -0.25) is 14.8 Å². The molecule has 1 aromatic heterocycles. The fourth-order valence-corrected chi connectivity index (χ4v) is 3.86. The highest BCUT2D eigenvalue weighted by atomic mass is 19.1. The highest BCUT2D eigenvalue weighted by molar-refractivity contribution is 5.76. The second kappa shape index (κ2) is 10.3. The van der Waals surface area contributed by atoms with Crippen LogP contribution in [0.25, 0.3) is 0 Å². The van der Waals surface area contributed by atoms with Gasteiger partial charge in [-0.25, -0.2) is 4.39 Å². The molecule has 1 aliphatic heterocycles. The second-order valence-corrected chi connectivity index (χ2v) is 7.62. The molecule has 0 spiro atoms. The van der Waals surface area contributed by atoms with Gasteiger partial charge >= 0.3 is 0 Å². The van der Waals surface area contributed by atoms with Gasteiger partial charge in [0.2, 0.25) is 5.91 Å². The molecule has 1 fully saturated rings. The highest BCUT2D eigenvalue weighted by Gasteiger charge is 2.22. The first-order valence-corrected chi connectivity index (χ1v) is 10.1. The van der Waals surface area contributed by atoms with Gasteiger partial charge in [0.25, 0.3) is 0 Å². The number of halogens is 1. The maximum Gasteiger partial charge on any atom is 0.222 e. The third-order valence-corrected chi connectivity index (χ3v) is 5.43. The number of piperidine rings is 1. The van der Waals surface area contributed by atoms with Crippen LogP contribution in [0.2, 0.25) is 0 Å². The number of nitrogens with zero attached hydrogens (tertiary/aromatic N) is 4. The Balaban J connectivity index is 1.42. The van der Waals surface area contributed by atoms with Crippen LogP contribution in [0.5, 0.6) is 0 Å². The predicted octanol–water partition coefficient (Wildman–Crippen LogP) is 2.96. The number of likely N-dealkylation sites (tertiary alicyclic amines) is 1. The molecule has 0 bridgehead atoms. The zero-order chi connectivity index (χ0) is 19.8. The summed E-state index contributed by atoms with van der Waals surface area (Å²) in [6.45, 7) is 3.66. The number of aromatic nitrogens is 2. The summed E-state index contributed by atoms with van der Waals surface area (Å²) in [5, 5.41) is 0. The van der Waals surface area contributed by atoms with Gasteiger partial charge in [0.1, 0.15) is 5.82 Å². The average molecular weight is 384 g/mol. The Labute approximate surface area is 166 Å². The van der Waals surface area contributed by atoms with Gasteiger partial charge in [-0.1, -0.05) is 18.2 Å². The molecule has 1 saturated heterocycles. The lowest BCUT2D eigenvalue weighted by molar-refractivity contribution is -0.130. The zero-order valence-electron chi connectivity index (χ0n) is 16.6. The molecule has 1 aromatic carbocycles. The molecule has 150 valence electrons. The van der Waals surface area contributed by atoms with E-state index in [-0.39, 0.29) is 11.7 Å². The highest BCUT2D eigenvalue weighted by Crippen LogP contribution is 2.19. The van der Waals surface area contributed by atoms with E-state index in [0.29, 0.717) is 18.8 Å². The monoisotopic (exact) mass is 384 g/mol. The van der Waals surface area contributed by atoms with Crippen LogP contribution in [-0.2, 0) is 17.6 Å². The van der Waals surface area contributed by atoms with Crippen LogP contribution >= 0.6 is 0 Å². The van der Waals surface area contributed by atoms with Crippen molar-refractivity contribution in [3.8, 4) is 0 Å². The molecule has 2 aromatic rings. The minimum absolute atomic E-state index is 0.121. The van der Waals surface area contributed by atoms with Gasteiger partial charge < -0.3 is 9.80 Å². The van der Waals surface area contributed by atoms with Crippen molar-refractivity contribution < 1.29 is 9.18 Å². The smallest absolute Gasteiger partial charge is 0.222 e. The van der Waals surface area contributed by atoms with Gasteiger partial charge in [-0.05, 0) is 49.8 Å². The van der Waals surface area contributed by atoms with E-state index in [1.54, 1.807) is 24.7 Å². The van der Waals surface area contributed by atoms with Crippen LogP contribution in [-0.4, -0.2) is 58.9 Å². The van der Waals surface area contributed by atoms with E-state index in [2.05, 4.69) is 14.9 Å². The van der Waals surface area contributed by atoms with Gasteiger partial charge in [-0.2, -0.15) is 0 Å². The fraction of sp³-hybridized carbons (Fsp3) is 0.500. The maximum absolute atomic E-state index is 13.8. The zero-order valence-corrected chi connectivity index (χ0v) is 16.6. The van der Waals surface area contributed by atoms with Gasteiger partial charge in [-0.15, -0.1) is 0 Å². The van der Waals surface area contributed by atoms with Crippen molar-refractivity contribution in [3.63, 3.8) is 0 Å². The van der Waals surface area contributed by atoms with Crippen molar-refractivity contribution in [2.24, 2.45) is 5.92 Å². The summed E-state index contributed by atoms with van der Waals surface area (Å²) in [5.74, 6) is 0.499. The number of hydrogen-bond donors (Lipinski definition) is 0. The Morgan fingerprint density at radius 2 is 2.14 bits per heavy atom. The van der Waals surface area contributed by atoms with Crippen molar-refractivity contribution in [2.75, 3.05) is 33.2 Å². The van der Waals surface area contributed by atoms with Crippen molar-refractivity contribution >= 4 is 5.91 Å². The number of carbonyl (C=O) groups excluding carboxylic acids is 1. The summed E-state index contributed by atoms with van der Waals surface area (Å²) in [6, 6.07) is 7.00. The molecule has 1 atom stereocenters. The SMILES string of the molecule is CN(CC1CCCN(CCc2ccccc2F)C1)C(=O)CCc1cnccn1. The summed E-state index contributed by atoms with van der Waals surface area (Å²) in [5.41, 5.74) is 1.63. The molecular formula is C22H29FN4O. The molecule has 5 nitrogen and oxygen atoms in total. The fourth-order valence-electron chi connectivity index (χ4n) is 3.86. The summed E-state index contributed by atoms with van der Waals surface area (Å²) in [7, 11) is 1.89. The second-order valence-electron chi connectivity index (χ2n) is 7.62. The van der Waals surface area contributed by atoms with Crippen LogP contribution < -0.4 is 0 Å². The third kappa shape index (κ3) is 6.09. The van der Waals surface area contributed by atoms with Crippen molar-refractivity contribution in [1.82, 2.24) is 19.8 Å². The number of aryl methyl sites for hydroxylation is 1. The lowest BCUT2D eigenvalue weighted by Gasteiger charge is -2.34. The minimum atomic E-state index is -0.121. The lowest BCUT2D eigenvalue weighted by Crippen LogP contribution is -2.42. The first-order valence-electron chi connectivity index (χ1n) is 10.1. The van der Waals surface area contributed by atoms with Crippen LogP contribution in [0.15, 0.2) is 42.9 Å². The number of hydrogen-bond acceptors (Lipinski definition) is 4. The van der Waals surface area contributed by atoms with Gasteiger partial charge in [0, 0.05) is 51.7 Å². The van der Waals surface area contributed by atoms with Crippen molar-refractivity contribution in [3.05, 3.63) is 59.9 Å². The van der Waals surface area contributed by atoms with E-state index in [1.807, 2.05) is 24.1 Å². The molecule has 3 rings (SSSR count). The average Bonchev–Trinajstić information content (AvgIpc) is 2.72. The molecule has 28 heavy (non-hydrogen) atoms. The molecule has 0 N–H and O–H groups in total. The minimum Gasteiger partial charge on any atom is -0.345 e. The normalized spacial score (nSPS) is 17.4. The number of amides is 1. The Morgan fingerprint density at radius 1 is 1.29 bits per heavy atom. The molecule has 0 saturated carbocycles. The molecule has 1 unspecified atom stereocenters. The van der Waals surface area contributed by atoms with Gasteiger partial charge in [0.15, 0.2) is 0 Å². The molecule has 0 radical (unpaired) electrons. The van der Waals surface area contributed by atoms with E-state index < -0.39 is 0 Å². The van der Waals surface area contributed by atoms with Crippen molar-refractivity contribution in [1.29, 1.82) is 0 Å². The number of carbonyl (C=O) groups is 1.